The number of hydrogen-bond acceptors (Lipinski definition) is 2. The number of nitrogens with one attached hydrogen (secondary N) is 2. The number of halogens is 3. The summed E-state index contributed by atoms with van der Waals surface area (Å²) in [6.07, 6.45) is 2.04. The van der Waals surface area contributed by atoms with Crippen molar-refractivity contribution in [3.8, 4) is 0 Å². The summed E-state index contributed by atoms with van der Waals surface area (Å²) in [5, 5.41) is 13.8. The number of aliphatic hydroxyl groups excluding tert-OH is 1. The van der Waals surface area contributed by atoms with E-state index in [1.165, 1.54) is 0 Å². The minimum Gasteiger partial charge on any atom is -0.396 e. The Morgan fingerprint density at radius 1 is 1.14 bits per heavy atom. The minimum absolute atomic E-state index is 0.00276. The van der Waals surface area contributed by atoms with Crippen LogP contribution in [0.25, 0.3) is 0 Å². The molecule has 0 atom stereocenters. The van der Waals surface area contributed by atoms with Crippen LogP contribution in [0.2, 0.25) is 0 Å². The summed E-state index contributed by atoms with van der Waals surface area (Å²) in [4.78, 5) is 11.8. The summed E-state index contributed by atoms with van der Waals surface area (Å²) in [6.45, 7) is 4.20. The molecule has 0 saturated carbocycles. The molecule has 7 heteroatoms. The fraction of sp³-hybridized carbons (Fsp3) is 0.533. The quantitative estimate of drug-likeness (QED) is 0.675. The van der Waals surface area contributed by atoms with E-state index in [0.717, 1.165) is 12.8 Å². The van der Waals surface area contributed by atoms with Crippen molar-refractivity contribution < 1.29 is 23.1 Å². The molecule has 0 fully saturated rings. The van der Waals surface area contributed by atoms with Crippen LogP contribution in [-0.2, 0) is 0 Å². The molecule has 0 radical (unpaired) electrons. The third kappa shape index (κ3) is 4.62. The Morgan fingerprint density at radius 2 is 1.73 bits per heavy atom. The second-order valence-electron chi connectivity index (χ2n) is 5.23. The van der Waals surface area contributed by atoms with Crippen LogP contribution in [0, 0.1) is 22.9 Å². The highest BCUT2D eigenvalue weighted by Crippen LogP contribution is 2.29. The van der Waals surface area contributed by atoms with Gasteiger partial charge in [0.05, 0.1) is 5.69 Å². The van der Waals surface area contributed by atoms with Gasteiger partial charge in [-0.15, -0.1) is 0 Å². The highest BCUT2D eigenvalue weighted by molar-refractivity contribution is 5.89. The van der Waals surface area contributed by atoms with Gasteiger partial charge in [0.1, 0.15) is 5.82 Å². The average molecular weight is 318 g/mol. The zero-order valence-corrected chi connectivity index (χ0v) is 12.7. The zero-order valence-electron chi connectivity index (χ0n) is 12.7. The molecule has 0 spiro atoms. The lowest BCUT2D eigenvalue weighted by atomic mass is 9.79. The van der Waals surface area contributed by atoms with Crippen LogP contribution in [0.3, 0.4) is 0 Å². The minimum atomic E-state index is -1.32. The molecular weight excluding hydrogens is 297 g/mol. The molecule has 3 N–H and O–H groups in total. The highest BCUT2D eigenvalue weighted by Gasteiger charge is 2.26. The SMILES string of the molecule is CCC(CC)(CCO)CNC(=O)Nc1cc(F)c(F)cc1F. The molecular formula is C15H21F3N2O2. The summed E-state index contributed by atoms with van der Waals surface area (Å²) in [5.41, 5.74) is -0.684. The summed E-state index contributed by atoms with van der Waals surface area (Å²) in [5.74, 6) is -3.61. The lowest BCUT2D eigenvalue weighted by Crippen LogP contribution is -2.39. The van der Waals surface area contributed by atoms with Crippen molar-refractivity contribution in [3.05, 3.63) is 29.6 Å². The third-order valence-corrected chi connectivity index (χ3v) is 4.02. The lowest BCUT2D eigenvalue weighted by molar-refractivity contribution is 0.165. The normalized spacial score (nSPS) is 11.4. The molecule has 0 aliphatic rings. The van der Waals surface area contributed by atoms with Crippen LogP contribution < -0.4 is 10.6 Å². The van der Waals surface area contributed by atoms with E-state index in [4.69, 9.17) is 5.11 Å². The Kier molecular flexibility index (Phi) is 6.67. The molecule has 0 aromatic heterocycles. The summed E-state index contributed by atoms with van der Waals surface area (Å²) < 4.78 is 39.3. The van der Waals surface area contributed by atoms with Gasteiger partial charge in [-0.3, -0.25) is 0 Å². The van der Waals surface area contributed by atoms with Crippen molar-refractivity contribution in [3.63, 3.8) is 0 Å². The van der Waals surface area contributed by atoms with E-state index in [1.807, 2.05) is 13.8 Å². The maximum Gasteiger partial charge on any atom is 0.319 e. The summed E-state index contributed by atoms with van der Waals surface area (Å²) >= 11 is 0. The molecule has 2 amide bonds. The van der Waals surface area contributed by atoms with Gasteiger partial charge in [-0.1, -0.05) is 13.8 Å². The monoisotopic (exact) mass is 318 g/mol. The van der Waals surface area contributed by atoms with Gasteiger partial charge in [-0.25, -0.2) is 18.0 Å². The zero-order chi connectivity index (χ0) is 16.8. The Morgan fingerprint density at radius 3 is 2.27 bits per heavy atom. The molecule has 22 heavy (non-hydrogen) atoms. The van der Waals surface area contributed by atoms with Crippen molar-refractivity contribution in [1.29, 1.82) is 0 Å². The number of benzene rings is 1. The van der Waals surface area contributed by atoms with Crippen molar-refractivity contribution in [2.45, 2.75) is 33.1 Å². The predicted octanol–water partition coefficient (Wildman–Crippen LogP) is 3.41. The second kappa shape index (κ2) is 8.03. The largest absolute Gasteiger partial charge is 0.396 e. The maximum absolute atomic E-state index is 13.4. The van der Waals surface area contributed by atoms with E-state index in [9.17, 15) is 18.0 Å². The highest BCUT2D eigenvalue weighted by atomic mass is 19.2. The molecule has 0 aliphatic carbocycles. The number of aliphatic hydroxyl groups is 1. The molecule has 0 saturated heterocycles. The van der Waals surface area contributed by atoms with Crippen LogP contribution >= 0.6 is 0 Å². The Bertz CT molecular complexity index is 520. The maximum atomic E-state index is 13.4. The lowest BCUT2D eigenvalue weighted by Gasteiger charge is -2.31. The Hall–Kier alpha value is -1.76. The van der Waals surface area contributed by atoms with Gasteiger partial charge in [0.15, 0.2) is 11.6 Å². The van der Waals surface area contributed by atoms with Crippen LogP contribution in [0.15, 0.2) is 12.1 Å². The molecule has 0 heterocycles. The first-order valence-corrected chi connectivity index (χ1v) is 7.17. The summed E-state index contributed by atoms with van der Waals surface area (Å²) in [6, 6.07) is 0.248. The number of amides is 2. The number of carbonyl (C=O) groups is 1. The van der Waals surface area contributed by atoms with Crippen molar-refractivity contribution in [2.24, 2.45) is 5.41 Å². The molecule has 124 valence electrons. The number of hydrogen-bond donors (Lipinski definition) is 3. The van der Waals surface area contributed by atoms with Gasteiger partial charge < -0.3 is 15.7 Å². The molecule has 0 aliphatic heterocycles. The van der Waals surface area contributed by atoms with Gasteiger partial charge in [-0.05, 0) is 24.7 Å². The standard InChI is InChI=1S/C15H21F3N2O2/c1-3-15(4-2,5-6-21)9-19-14(22)20-13-8-11(17)10(16)7-12(13)18/h7-8,21H,3-6,9H2,1-2H3,(H2,19,20,22). The Balaban J connectivity index is 2.69. The Labute approximate surface area is 127 Å². The molecule has 1 aromatic rings. The smallest absolute Gasteiger partial charge is 0.319 e. The second-order valence-corrected chi connectivity index (χ2v) is 5.23. The van der Waals surface area contributed by atoms with Crippen LogP contribution in [0.4, 0.5) is 23.7 Å². The van der Waals surface area contributed by atoms with E-state index in [1.54, 1.807) is 0 Å². The molecule has 4 nitrogen and oxygen atoms in total. The molecule has 0 bridgehead atoms. The van der Waals surface area contributed by atoms with E-state index in [0.29, 0.717) is 18.6 Å². The van der Waals surface area contributed by atoms with Gasteiger partial charge in [0.2, 0.25) is 0 Å². The average Bonchev–Trinajstić information content (AvgIpc) is 2.49. The molecule has 1 aromatic carbocycles. The van der Waals surface area contributed by atoms with E-state index in [-0.39, 0.29) is 18.6 Å². The number of rotatable bonds is 7. The summed E-state index contributed by atoms with van der Waals surface area (Å²) in [7, 11) is 0. The van der Waals surface area contributed by atoms with Crippen molar-refractivity contribution in [1.82, 2.24) is 5.32 Å². The van der Waals surface area contributed by atoms with Crippen LogP contribution in [0.5, 0.6) is 0 Å². The fourth-order valence-corrected chi connectivity index (χ4v) is 2.23. The van der Waals surface area contributed by atoms with Gasteiger partial charge in [0.25, 0.3) is 0 Å². The predicted molar refractivity (Wildman–Crippen MR) is 78.1 cm³/mol. The van der Waals surface area contributed by atoms with Crippen molar-refractivity contribution in [2.75, 3.05) is 18.5 Å². The number of urea groups is 1. The van der Waals surface area contributed by atoms with Gasteiger partial charge in [0, 0.05) is 25.3 Å². The number of carbonyl (C=O) groups excluding carboxylic acids is 1. The first-order chi connectivity index (χ1) is 10.4. The van der Waals surface area contributed by atoms with E-state index < -0.39 is 29.2 Å². The molecule has 0 unspecified atom stereocenters. The number of anilines is 1. The van der Waals surface area contributed by atoms with E-state index >= 15 is 0 Å². The van der Waals surface area contributed by atoms with Gasteiger partial charge >= 0.3 is 6.03 Å². The molecule has 1 rings (SSSR count). The first kappa shape index (κ1) is 18.3. The fourth-order valence-electron chi connectivity index (χ4n) is 2.23. The van der Waals surface area contributed by atoms with Gasteiger partial charge in [-0.2, -0.15) is 0 Å². The first-order valence-electron chi connectivity index (χ1n) is 7.17. The topological polar surface area (TPSA) is 61.4 Å². The van der Waals surface area contributed by atoms with Crippen LogP contribution in [0.1, 0.15) is 33.1 Å². The van der Waals surface area contributed by atoms with Crippen LogP contribution in [-0.4, -0.2) is 24.3 Å². The third-order valence-electron chi connectivity index (χ3n) is 4.02. The van der Waals surface area contributed by atoms with Crippen molar-refractivity contribution >= 4 is 11.7 Å². The van der Waals surface area contributed by atoms with E-state index in [2.05, 4.69) is 10.6 Å².